The van der Waals surface area contributed by atoms with Crippen LogP contribution in [-0.2, 0) is 0 Å². The first-order valence-corrected chi connectivity index (χ1v) is 11.9. The number of benzene rings is 1. The number of aromatic nitrogens is 4. The van der Waals surface area contributed by atoms with Crippen molar-refractivity contribution in [2.45, 2.75) is 26.2 Å². The number of hydrogen-bond donors (Lipinski definition) is 1. The lowest BCUT2D eigenvalue weighted by Gasteiger charge is -2.36. The molecule has 3 aromatic rings. The first kappa shape index (κ1) is 22.2. The highest BCUT2D eigenvalue weighted by Gasteiger charge is 2.21. The maximum Gasteiger partial charge on any atom is 0.252 e. The summed E-state index contributed by atoms with van der Waals surface area (Å²) in [5, 5.41) is 0. The SMILES string of the molecule is COc1ccc(N2CCN(c3nc(-c4cnc(N5CCCCC5)nc4C)cc(=O)[nH]3)CC2)cc1. The Labute approximate surface area is 199 Å². The van der Waals surface area contributed by atoms with E-state index in [1.54, 1.807) is 13.3 Å². The lowest BCUT2D eigenvalue weighted by atomic mass is 10.1. The van der Waals surface area contributed by atoms with Crippen LogP contribution in [0.2, 0.25) is 0 Å². The molecule has 0 atom stereocenters. The minimum atomic E-state index is -0.169. The van der Waals surface area contributed by atoms with Crippen molar-refractivity contribution in [3.63, 3.8) is 0 Å². The molecule has 9 heteroatoms. The predicted octanol–water partition coefficient (Wildman–Crippen LogP) is 2.86. The second-order valence-corrected chi connectivity index (χ2v) is 8.84. The number of hydrogen-bond acceptors (Lipinski definition) is 8. The molecular weight excluding hydrogens is 430 g/mol. The van der Waals surface area contributed by atoms with Gasteiger partial charge in [0.15, 0.2) is 0 Å². The molecule has 178 valence electrons. The van der Waals surface area contributed by atoms with Crippen LogP contribution in [0.1, 0.15) is 25.0 Å². The number of piperazine rings is 1. The number of anilines is 3. The van der Waals surface area contributed by atoms with E-state index in [2.05, 4.69) is 36.8 Å². The van der Waals surface area contributed by atoms with Gasteiger partial charge in [0.2, 0.25) is 11.9 Å². The van der Waals surface area contributed by atoms with Gasteiger partial charge in [-0.2, -0.15) is 0 Å². The van der Waals surface area contributed by atoms with Crippen LogP contribution >= 0.6 is 0 Å². The zero-order valence-electron chi connectivity index (χ0n) is 19.8. The van der Waals surface area contributed by atoms with Gasteiger partial charge in [-0.25, -0.2) is 15.0 Å². The molecule has 34 heavy (non-hydrogen) atoms. The van der Waals surface area contributed by atoms with Gasteiger partial charge in [0.1, 0.15) is 5.75 Å². The molecule has 0 unspecified atom stereocenters. The molecule has 2 aliphatic heterocycles. The number of nitrogens with one attached hydrogen (secondary N) is 1. The molecule has 5 rings (SSSR count). The lowest BCUT2D eigenvalue weighted by Crippen LogP contribution is -2.47. The van der Waals surface area contributed by atoms with Gasteiger partial charge in [-0.1, -0.05) is 0 Å². The van der Waals surface area contributed by atoms with Gasteiger partial charge in [0.05, 0.1) is 18.5 Å². The highest BCUT2D eigenvalue weighted by molar-refractivity contribution is 5.63. The van der Waals surface area contributed by atoms with E-state index < -0.39 is 0 Å². The third-order valence-electron chi connectivity index (χ3n) is 6.63. The molecule has 0 spiro atoms. The van der Waals surface area contributed by atoms with Crippen LogP contribution in [-0.4, -0.2) is 66.3 Å². The van der Waals surface area contributed by atoms with E-state index in [-0.39, 0.29) is 5.56 Å². The summed E-state index contributed by atoms with van der Waals surface area (Å²) < 4.78 is 5.26. The average Bonchev–Trinajstić information content (AvgIpc) is 2.89. The van der Waals surface area contributed by atoms with Crippen molar-refractivity contribution in [3.05, 3.63) is 52.6 Å². The lowest BCUT2D eigenvalue weighted by molar-refractivity contribution is 0.415. The summed E-state index contributed by atoms with van der Waals surface area (Å²) in [5.41, 5.74) is 3.24. The van der Waals surface area contributed by atoms with Gasteiger partial charge in [0, 0.05) is 62.8 Å². The Bertz CT molecular complexity index is 1180. The van der Waals surface area contributed by atoms with Crippen molar-refractivity contribution >= 4 is 17.6 Å². The zero-order valence-corrected chi connectivity index (χ0v) is 19.8. The van der Waals surface area contributed by atoms with Crippen molar-refractivity contribution in [2.24, 2.45) is 0 Å². The Balaban J connectivity index is 1.32. The molecule has 0 radical (unpaired) electrons. The number of piperidine rings is 1. The third-order valence-corrected chi connectivity index (χ3v) is 6.63. The van der Waals surface area contributed by atoms with E-state index in [9.17, 15) is 4.79 Å². The van der Waals surface area contributed by atoms with E-state index in [0.29, 0.717) is 11.6 Å². The number of H-pyrrole nitrogens is 1. The Hall–Kier alpha value is -3.62. The number of rotatable bonds is 5. The quantitative estimate of drug-likeness (QED) is 0.620. The van der Waals surface area contributed by atoms with Crippen molar-refractivity contribution in [2.75, 3.05) is 61.1 Å². The fourth-order valence-corrected chi connectivity index (χ4v) is 4.65. The molecule has 0 bridgehead atoms. The number of aromatic amines is 1. The minimum absolute atomic E-state index is 0.169. The van der Waals surface area contributed by atoms with Gasteiger partial charge >= 0.3 is 0 Å². The molecule has 1 aromatic carbocycles. The van der Waals surface area contributed by atoms with E-state index in [0.717, 1.165) is 67.9 Å². The van der Waals surface area contributed by atoms with Gasteiger partial charge < -0.3 is 19.4 Å². The Morgan fingerprint density at radius 1 is 0.882 bits per heavy atom. The minimum Gasteiger partial charge on any atom is -0.497 e. The van der Waals surface area contributed by atoms with E-state index in [1.165, 1.54) is 25.3 Å². The number of aryl methyl sites for hydroxylation is 1. The maximum absolute atomic E-state index is 12.5. The highest BCUT2D eigenvalue weighted by atomic mass is 16.5. The molecular formula is C25H31N7O2. The molecule has 2 saturated heterocycles. The summed E-state index contributed by atoms with van der Waals surface area (Å²) in [6.07, 6.45) is 5.42. The Morgan fingerprint density at radius 2 is 1.59 bits per heavy atom. The van der Waals surface area contributed by atoms with Crippen molar-refractivity contribution in [1.82, 2.24) is 19.9 Å². The van der Waals surface area contributed by atoms with E-state index in [4.69, 9.17) is 14.7 Å². The van der Waals surface area contributed by atoms with Gasteiger partial charge in [-0.15, -0.1) is 0 Å². The predicted molar refractivity (Wildman–Crippen MR) is 134 cm³/mol. The summed E-state index contributed by atoms with van der Waals surface area (Å²) in [4.78, 5) is 36.2. The zero-order chi connectivity index (χ0) is 23.5. The van der Waals surface area contributed by atoms with Crippen molar-refractivity contribution in [3.8, 4) is 17.0 Å². The Kier molecular flexibility index (Phi) is 6.33. The second-order valence-electron chi connectivity index (χ2n) is 8.84. The highest BCUT2D eigenvalue weighted by Crippen LogP contribution is 2.25. The third kappa shape index (κ3) is 4.69. The monoisotopic (exact) mass is 461 g/mol. The van der Waals surface area contributed by atoms with Gasteiger partial charge in [-0.3, -0.25) is 9.78 Å². The molecule has 2 aliphatic rings. The van der Waals surface area contributed by atoms with Crippen LogP contribution in [0.3, 0.4) is 0 Å². The summed E-state index contributed by atoms with van der Waals surface area (Å²) in [6.45, 7) is 7.16. The maximum atomic E-state index is 12.5. The van der Waals surface area contributed by atoms with Crippen LogP contribution in [0.25, 0.3) is 11.3 Å². The molecule has 0 aliphatic carbocycles. The molecule has 0 amide bonds. The summed E-state index contributed by atoms with van der Waals surface area (Å²) in [7, 11) is 1.67. The standard InChI is InChI=1S/C25H31N7O2/c1-18-21(17-26-24(27-18)31-10-4-3-5-11-31)22-16-23(33)29-25(28-22)32-14-12-30(13-15-32)19-6-8-20(34-2)9-7-19/h6-9,16-17H,3-5,10-15H2,1-2H3,(H,28,29,33). The van der Waals surface area contributed by atoms with Crippen LogP contribution in [0.5, 0.6) is 5.75 Å². The van der Waals surface area contributed by atoms with Crippen LogP contribution in [0, 0.1) is 6.92 Å². The van der Waals surface area contributed by atoms with Crippen molar-refractivity contribution < 1.29 is 4.74 Å². The normalized spacial score (nSPS) is 16.6. The van der Waals surface area contributed by atoms with Gasteiger partial charge in [-0.05, 0) is 50.5 Å². The number of methoxy groups -OCH3 is 1. The average molecular weight is 462 g/mol. The first-order chi connectivity index (χ1) is 16.6. The topological polar surface area (TPSA) is 90.5 Å². The Morgan fingerprint density at radius 3 is 2.26 bits per heavy atom. The second kappa shape index (κ2) is 9.70. The molecule has 0 saturated carbocycles. The number of nitrogens with zero attached hydrogens (tertiary/aromatic N) is 6. The summed E-state index contributed by atoms with van der Waals surface area (Å²) >= 11 is 0. The molecule has 2 fully saturated rings. The summed E-state index contributed by atoms with van der Waals surface area (Å²) in [5.74, 6) is 2.21. The fourth-order valence-electron chi connectivity index (χ4n) is 4.65. The molecule has 2 aromatic heterocycles. The largest absolute Gasteiger partial charge is 0.497 e. The molecule has 1 N–H and O–H groups in total. The van der Waals surface area contributed by atoms with Crippen LogP contribution in [0.15, 0.2) is 41.3 Å². The van der Waals surface area contributed by atoms with Crippen LogP contribution < -0.4 is 25.0 Å². The number of ether oxygens (including phenoxy) is 1. The molecule has 9 nitrogen and oxygen atoms in total. The van der Waals surface area contributed by atoms with E-state index in [1.807, 2.05) is 19.1 Å². The molecule has 4 heterocycles. The van der Waals surface area contributed by atoms with Gasteiger partial charge in [0.25, 0.3) is 5.56 Å². The summed E-state index contributed by atoms with van der Waals surface area (Å²) in [6, 6.07) is 9.64. The first-order valence-electron chi connectivity index (χ1n) is 11.9. The fraction of sp³-hybridized carbons (Fsp3) is 0.440. The van der Waals surface area contributed by atoms with Crippen molar-refractivity contribution in [1.29, 1.82) is 0 Å². The van der Waals surface area contributed by atoms with Crippen LogP contribution in [0.4, 0.5) is 17.6 Å². The smallest absolute Gasteiger partial charge is 0.252 e. The van der Waals surface area contributed by atoms with E-state index >= 15 is 0 Å².